The second-order valence-electron chi connectivity index (χ2n) is 5.33. The van der Waals surface area contributed by atoms with Gasteiger partial charge >= 0.3 is 0 Å². The van der Waals surface area contributed by atoms with E-state index in [1.54, 1.807) is 41.0 Å². The maximum absolute atomic E-state index is 12.1. The molecule has 0 saturated carbocycles. The van der Waals surface area contributed by atoms with E-state index in [9.17, 15) is 13.2 Å². The molecule has 1 aromatic carbocycles. The van der Waals surface area contributed by atoms with E-state index in [4.69, 9.17) is 0 Å². The first-order valence-electron chi connectivity index (χ1n) is 7.26. The van der Waals surface area contributed by atoms with Gasteiger partial charge in [-0.25, -0.2) is 13.1 Å². The van der Waals surface area contributed by atoms with Gasteiger partial charge in [-0.15, -0.1) is 0 Å². The Hall–Kier alpha value is -2.45. The van der Waals surface area contributed by atoms with Crippen LogP contribution in [0.25, 0.3) is 6.08 Å². The van der Waals surface area contributed by atoms with Gasteiger partial charge in [0.05, 0.1) is 11.1 Å². The fraction of sp³-hybridized carbons (Fsp3) is 0.250. The van der Waals surface area contributed by atoms with E-state index in [0.29, 0.717) is 6.54 Å². The van der Waals surface area contributed by atoms with Crippen LogP contribution in [0.3, 0.4) is 0 Å². The summed E-state index contributed by atoms with van der Waals surface area (Å²) >= 11 is 0. The molecule has 8 heteroatoms. The second-order valence-corrected chi connectivity index (χ2v) is 7.21. The number of sulfonamides is 1. The zero-order valence-corrected chi connectivity index (χ0v) is 14.6. The summed E-state index contributed by atoms with van der Waals surface area (Å²) in [4.78, 5) is 13.9. The summed E-state index contributed by atoms with van der Waals surface area (Å²) in [7, 11) is 1.44. The number of carbonyl (C=O) groups excluding carboxylic acids is 1. The number of aryl methyl sites for hydroxylation is 1. The van der Waals surface area contributed by atoms with Crippen molar-refractivity contribution in [3.05, 3.63) is 53.9 Å². The van der Waals surface area contributed by atoms with Crippen molar-refractivity contribution in [1.82, 2.24) is 19.4 Å². The lowest BCUT2D eigenvalue weighted by Gasteiger charge is -2.13. The molecule has 1 aromatic heterocycles. The first kappa shape index (κ1) is 17.9. The number of aromatic nitrogens is 2. The molecule has 1 amide bonds. The second kappa shape index (κ2) is 7.41. The molecule has 0 bridgehead atoms. The zero-order valence-electron chi connectivity index (χ0n) is 13.8. The van der Waals surface area contributed by atoms with Gasteiger partial charge in [-0.1, -0.05) is 12.1 Å². The highest BCUT2D eigenvalue weighted by Crippen LogP contribution is 2.11. The number of hydrogen-bond acceptors (Lipinski definition) is 4. The molecule has 0 radical (unpaired) electrons. The van der Waals surface area contributed by atoms with E-state index in [2.05, 4.69) is 9.82 Å². The molecule has 0 saturated heterocycles. The van der Waals surface area contributed by atoms with Crippen LogP contribution in [0, 0.1) is 0 Å². The molecule has 1 heterocycles. The number of amides is 1. The topological polar surface area (TPSA) is 84.3 Å². The van der Waals surface area contributed by atoms with Crippen LogP contribution in [-0.4, -0.2) is 43.1 Å². The average molecular weight is 348 g/mol. The number of nitrogens with one attached hydrogen (secondary N) is 1. The number of hydrogen-bond donors (Lipinski definition) is 1. The van der Waals surface area contributed by atoms with Gasteiger partial charge in [0, 0.05) is 38.5 Å². The number of nitrogens with zero attached hydrogens (tertiary/aromatic N) is 3. The quantitative estimate of drug-likeness (QED) is 0.790. The van der Waals surface area contributed by atoms with Crippen LogP contribution >= 0.6 is 0 Å². The lowest BCUT2D eigenvalue weighted by atomic mass is 10.2. The highest BCUT2D eigenvalue weighted by atomic mass is 32.2. The smallest absolute Gasteiger partial charge is 0.246 e. The van der Waals surface area contributed by atoms with E-state index in [0.717, 1.165) is 11.1 Å². The summed E-state index contributed by atoms with van der Waals surface area (Å²) in [6.45, 7) is 0.469. The first-order chi connectivity index (χ1) is 11.3. The van der Waals surface area contributed by atoms with Gasteiger partial charge in [-0.3, -0.25) is 9.48 Å². The standard InChI is InChI=1S/C16H20N4O3S/c1-17-24(22,23)15-7-4-13(5-8-15)6-9-16(21)19(2)11-14-10-18-20(3)12-14/h4-10,12,17H,11H2,1-3H3. The molecule has 0 aliphatic heterocycles. The maximum atomic E-state index is 12.1. The predicted molar refractivity (Wildman–Crippen MR) is 91.4 cm³/mol. The normalized spacial score (nSPS) is 11.8. The number of benzene rings is 1. The molecule has 0 atom stereocenters. The van der Waals surface area contributed by atoms with Crippen LogP contribution in [0.4, 0.5) is 0 Å². The minimum atomic E-state index is -3.45. The third-order valence-corrected chi connectivity index (χ3v) is 4.86. The summed E-state index contributed by atoms with van der Waals surface area (Å²) in [5.41, 5.74) is 1.69. The summed E-state index contributed by atoms with van der Waals surface area (Å²) in [6, 6.07) is 6.29. The highest BCUT2D eigenvalue weighted by molar-refractivity contribution is 7.89. The van der Waals surface area contributed by atoms with Crippen LogP contribution in [0.1, 0.15) is 11.1 Å². The van der Waals surface area contributed by atoms with Crippen molar-refractivity contribution in [3.63, 3.8) is 0 Å². The largest absolute Gasteiger partial charge is 0.338 e. The van der Waals surface area contributed by atoms with E-state index < -0.39 is 10.0 Å². The first-order valence-corrected chi connectivity index (χ1v) is 8.74. The van der Waals surface area contributed by atoms with Gasteiger partial charge < -0.3 is 4.90 Å². The molecule has 0 fully saturated rings. The van der Waals surface area contributed by atoms with Crippen LogP contribution in [0.2, 0.25) is 0 Å². The third kappa shape index (κ3) is 4.53. The summed E-state index contributed by atoms with van der Waals surface area (Å²) < 4.78 is 27.2. The fourth-order valence-corrected chi connectivity index (χ4v) is 2.81. The van der Waals surface area contributed by atoms with E-state index >= 15 is 0 Å². The van der Waals surface area contributed by atoms with Crippen molar-refractivity contribution in [2.45, 2.75) is 11.4 Å². The molecule has 0 spiro atoms. The summed E-state index contributed by atoms with van der Waals surface area (Å²) in [6.07, 6.45) is 6.68. The van der Waals surface area contributed by atoms with E-state index in [1.807, 2.05) is 13.2 Å². The minimum Gasteiger partial charge on any atom is -0.338 e. The number of rotatable bonds is 6. The SMILES string of the molecule is CNS(=O)(=O)c1ccc(C=CC(=O)N(C)Cc2cnn(C)c2)cc1. The summed E-state index contributed by atoms with van der Waals surface area (Å²) in [5, 5.41) is 4.06. The van der Waals surface area contributed by atoms with Gasteiger partial charge in [0.2, 0.25) is 15.9 Å². The monoisotopic (exact) mass is 348 g/mol. The fourth-order valence-electron chi connectivity index (χ4n) is 2.08. The van der Waals surface area contributed by atoms with E-state index in [-0.39, 0.29) is 10.8 Å². The average Bonchev–Trinajstić information content (AvgIpc) is 2.97. The Kier molecular flexibility index (Phi) is 5.53. The molecule has 2 rings (SSSR count). The molecular weight excluding hydrogens is 328 g/mol. The van der Waals surface area contributed by atoms with Crippen molar-refractivity contribution < 1.29 is 13.2 Å². The van der Waals surface area contributed by atoms with Gasteiger partial charge in [0.15, 0.2) is 0 Å². The molecule has 24 heavy (non-hydrogen) atoms. The highest BCUT2D eigenvalue weighted by Gasteiger charge is 2.10. The zero-order chi connectivity index (χ0) is 17.7. The Morgan fingerprint density at radius 2 is 2.00 bits per heavy atom. The number of likely N-dealkylation sites (N-methyl/N-ethyl adjacent to an activating group) is 1. The maximum Gasteiger partial charge on any atom is 0.246 e. The van der Waals surface area contributed by atoms with Crippen molar-refractivity contribution in [3.8, 4) is 0 Å². The molecule has 0 aliphatic rings. The van der Waals surface area contributed by atoms with Crippen molar-refractivity contribution in [2.24, 2.45) is 7.05 Å². The van der Waals surface area contributed by atoms with Crippen LogP contribution in [0.15, 0.2) is 47.6 Å². The Bertz CT molecular complexity index is 838. The molecule has 1 N–H and O–H groups in total. The Labute approximate surface area is 141 Å². The minimum absolute atomic E-state index is 0.147. The molecule has 0 aliphatic carbocycles. The molecule has 128 valence electrons. The van der Waals surface area contributed by atoms with Crippen molar-refractivity contribution in [2.75, 3.05) is 14.1 Å². The van der Waals surface area contributed by atoms with Crippen LogP contribution in [0.5, 0.6) is 0 Å². The van der Waals surface area contributed by atoms with Gasteiger partial charge in [-0.05, 0) is 30.8 Å². The van der Waals surface area contributed by atoms with E-state index in [1.165, 1.54) is 25.3 Å². The molecular formula is C16H20N4O3S. The lowest BCUT2D eigenvalue weighted by molar-refractivity contribution is -0.125. The summed E-state index contributed by atoms with van der Waals surface area (Å²) in [5.74, 6) is -0.147. The van der Waals surface area contributed by atoms with Crippen LogP contribution < -0.4 is 4.72 Å². The molecule has 0 unspecified atom stereocenters. The van der Waals surface area contributed by atoms with Gasteiger partial charge in [-0.2, -0.15) is 5.10 Å². The molecule has 2 aromatic rings. The Balaban J connectivity index is 2.00. The van der Waals surface area contributed by atoms with Crippen molar-refractivity contribution in [1.29, 1.82) is 0 Å². The van der Waals surface area contributed by atoms with Gasteiger partial charge in [0.25, 0.3) is 0 Å². The molecule has 7 nitrogen and oxygen atoms in total. The number of carbonyl (C=O) groups is 1. The Morgan fingerprint density at radius 3 is 2.54 bits per heavy atom. The predicted octanol–water partition coefficient (Wildman–Crippen LogP) is 1.000. The third-order valence-electron chi connectivity index (χ3n) is 3.43. The van der Waals surface area contributed by atoms with Gasteiger partial charge in [0.1, 0.15) is 0 Å². The van der Waals surface area contributed by atoms with Crippen LogP contribution in [-0.2, 0) is 28.4 Å². The Morgan fingerprint density at radius 1 is 1.33 bits per heavy atom. The van der Waals surface area contributed by atoms with Crippen molar-refractivity contribution >= 4 is 22.0 Å². The lowest BCUT2D eigenvalue weighted by Crippen LogP contribution is -2.23.